The first-order valence-corrected chi connectivity index (χ1v) is 8.48. The van der Waals surface area contributed by atoms with Crippen LogP contribution in [0.4, 0.5) is 10.5 Å². The Kier molecular flexibility index (Phi) is 6.62. The van der Waals surface area contributed by atoms with Gasteiger partial charge in [-0.1, -0.05) is 13.3 Å². The van der Waals surface area contributed by atoms with Crippen LogP contribution in [0.15, 0.2) is 24.3 Å². The van der Waals surface area contributed by atoms with Gasteiger partial charge in [-0.2, -0.15) is 5.26 Å². The van der Waals surface area contributed by atoms with Crippen molar-refractivity contribution < 1.29 is 9.59 Å². The predicted molar refractivity (Wildman–Crippen MR) is 92.4 cm³/mol. The number of carbonyl (C=O) groups excluding carboxylic acids is 2. The maximum Gasteiger partial charge on any atom is 0.319 e. The molecule has 2 N–H and O–H groups in total. The van der Waals surface area contributed by atoms with E-state index in [1.165, 1.54) is 0 Å². The van der Waals surface area contributed by atoms with Crippen LogP contribution in [-0.2, 0) is 4.79 Å². The van der Waals surface area contributed by atoms with Gasteiger partial charge in [-0.15, -0.1) is 0 Å². The zero-order chi connectivity index (χ0) is 17.4. The number of benzene rings is 1. The van der Waals surface area contributed by atoms with Crippen LogP contribution in [0.25, 0.3) is 0 Å². The van der Waals surface area contributed by atoms with Crippen LogP contribution < -0.4 is 10.6 Å². The van der Waals surface area contributed by atoms with E-state index < -0.39 is 0 Å². The van der Waals surface area contributed by atoms with Crippen LogP contribution in [0.3, 0.4) is 0 Å². The molecule has 0 aliphatic carbocycles. The molecule has 1 aliphatic rings. The van der Waals surface area contributed by atoms with Crippen LogP contribution in [0.5, 0.6) is 0 Å². The van der Waals surface area contributed by atoms with Crippen LogP contribution in [0.1, 0.15) is 44.6 Å². The fourth-order valence-corrected chi connectivity index (χ4v) is 2.74. The van der Waals surface area contributed by atoms with Crippen molar-refractivity contribution >= 4 is 17.6 Å². The average Bonchev–Trinajstić information content (AvgIpc) is 2.61. The third-order valence-corrected chi connectivity index (χ3v) is 4.20. The summed E-state index contributed by atoms with van der Waals surface area (Å²) >= 11 is 0. The lowest BCUT2D eigenvalue weighted by Crippen LogP contribution is -2.47. The van der Waals surface area contributed by atoms with Gasteiger partial charge in [-0.25, -0.2) is 4.79 Å². The monoisotopic (exact) mass is 328 g/mol. The van der Waals surface area contributed by atoms with E-state index in [-0.39, 0.29) is 18.0 Å². The Morgan fingerprint density at radius 3 is 2.50 bits per heavy atom. The first-order chi connectivity index (χ1) is 11.6. The fraction of sp³-hybridized carbons (Fsp3) is 0.500. The van der Waals surface area contributed by atoms with Gasteiger partial charge in [0.15, 0.2) is 0 Å². The lowest BCUT2D eigenvalue weighted by molar-refractivity contribution is -0.132. The zero-order valence-electron chi connectivity index (χ0n) is 14.0. The standard InChI is InChI=1S/C18H24N4O2/c1-2-3-4-17(23)22-11-9-16(10-12-22)21-18(24)20-15-7-5-14(13-19)6-8-15/h5-8,16H,2-4,9-12H2,1H3,(H2,20,21,24). The lowest BCUT2D eigenvalue weighted by Gasteiger charge is -2.32. The van der Waals surface area contributed by atoms with Gasteiger partial charge in [-0.3, -0.25) is 4.79 Å². The van der Waals surface area contributed by atoms with Gasteiger partial charge in [0.1, 0.15) is 0 Å². The molecule has 6 heteroatoms. The zero-order valence-corrected chi connectivity index (χ0v) is 14.0. The molecule has 1 saturated heterocycles. The molecule has 3 amide bonds. The molecule has 0 spiro atoms. The number of urea groups is 1. The molecule has 1 aromatic rings. The Bertz CT molecular complexity index is 598. The van der Waals surface area contributed by atoms with E-state index in [0.29, 0.717) is 30.8 Å². The van der Waals surface area contributed by atoms with Crippen molar-refractivity contribution in [3.63, 3.8) is 0 Å². The first kappa shape index (κ1) is 17.8. The normalized spacial score (nSPS) is 14.8. The van der Waals surface area contributed by atoms with Crippen molar-refractivity contribution in [2.75, 3.05) is 18.4 Å². The molecule has 1 aliphatic heterocycles. The van der Waals surface area contributed by atoms with Crippen LogP contribution in [0, 0.1) is 11.3 Å². The molecule has 0 aromatic heterocycles. The molecule has 0 bridgehead atoms. The minimum atomic E-state index is -0.254. The van der Waals surface area contributed by atoms with Gasteiger partial charge < -0.3 is 15.5 Å². The summed E-state index contributed by atoms with van der Waals surface area (Å²) in [5, 5.41) is 14.5. The minimum Gasteiger partial charge on any atom is -0.343 e. The maximum absolute atomic E-state index is 12.0. The molecule has 1 fully saturated rings. The van der Waals surface area contributed by atoms with Gasteiger partial charge in [0, 0.05) is 31.2 Å². The number of unbranched alkanes of at least 4 members (excludes halogenated alkanes) is 1. The second-order valence-electron chi connectivity index (χ2n) is 6.05. The number of nitrogens with zero attached hydrogens (tertiary/aromatic N) is 2. The number of piperidine rings is 1. The van der Waals surface area contributed by atoms with Gasteiger partial charge in [0.2, 0.25) is 5.91 Å². The van der Waals surface area contributed by atoms with Crippen molar-refractivity contribution in [3.8, 4) is 6.07 Å². The van der Waals surface area contributed by atoms with E-state index in [4.69, 9.17) is 5.26 Å². The Hall–Kier alpha value is -2.55. The predicted octanol–water partition coefficient (Wildman–Crippen LogP) is 2.86. The summed E-state index contributed by atoms with van der Waals surface area (Å²) in [6.45, 7) is 3.48. The molecule has 0 atom stereocenters. The molecular formula is C18H24N4O2. The number of nitrogens with one attached hydrogen (secondary N) is 2. The van der Waals surface area contributed by atoms with Crippen LogP contribution in [-0.4, -0.2) is 36.0 Å². The highest BCUT2D eigenvalue weighted by molar-refractivity contribution is 5.89. The van der Waals surface area contributed by atoms with Gasteiger partial charge in [0.25, 0.3) is 0 Å². The van der Waals surface area contributed by atoms with Crippen molar-refractivity contribution in [2.24, 2.45) is 0 Å². The van der Waals surface area contributed by atoms with Gasteiger partial charge >= 0.3 is 6.03 Å². The highest BCUT2D eigenvalue weighted by atomic mass is 16.2. The molecule has 1 heterocycles. The number of anilines is 1. The molecule has 6 nitrogen and oxygen atoms in total. The fourth-order valence-electron chi connectivity index (χ4n) is 2.74. The number of amides is 3. The summed E-state index contributed by atoms with van der Waals surface area (Å²) in [6, 6.07) is 8.59. The average molecular weight is 328 g/mol. The highest BCUT2D eigenvalue weighted by Gasteiger charge is 2.23. The molecule has 0 saturated carbocycles. The van der Waals surface area contributed by atoms with E-state index in [1.807, 2.05) is 11.0 Å². The van der Waals surface area contributed by atoms with Gasteiger partial charge in [-0.05, 0) is 43.5 Å². The quantitative estimate of drug-likeness (QED) is 0.871. The Morgan fingerprint density at radius 1 is 1.25 bits per heavy atom. The number of hydrogen-bond acceptors (Lipinski definition) is 3. The lowest BCUT2D eigenvalue weighted by atomic mass is 10.0. The number of carbonyl (C=O) groups is 2. The first-order valence-electron chi connectivity index (χ1n) is 8.48. The Morgan fingerprint density at radius 2 is 1.92 bits per heavy atom. The second-order valence-corrected chi connectivity index (χ2v) is 6.05. The van der Waals surface area contributed by atoms with E-state index >= 15 is 0 Å². The van der Waals surface area contributed by atoms with Crippen molar-refractivity contribution in [1.29, 1.82) is 5.26 Å². The summed E-state index contributed by atoms with van der Waals surface area (Å²) in [5.41, 5.74) is 1.21. The van der Waals surface area contributed by atoms with Crippen LogP contribution in [0.2, 0.25) is 0 Å². The van der Waals surface area contributed by atoms with E-state index in [9.17, 15) is 9.59 Å². The van der Waals surface area contributed by atoms with E-state index in [1.54, 1.807) is 24.3 Å². The summed E-state index contributed by atoms with van der Waals surface area (Å²) in [5.74, 6) is 0.220. The van der Waals surface area contributed by atoms with Gasteiger partial charge in [0.05, 0.1) is 11.6 Å². The number of rotatable bonds is 5. The van der Waals surface area contributed by atoms with Crippen molar-refractivity contribution in [2.45, 2.75) is 45.1 Å². The third kappa shape index (κ3) is 5.27. The number of likely N-dealkylation sites (tertiary alicyclic amines) is 1. The maximum atomic E-state index is 12.0. The highest BCUT2D eigenvalue weighted by Crippen LogP contribution is 2.13. The number of nitriles is 1. The molecule has 2 rings (SSSR count). The molecule has 0 unspecified atom stereocenters. The molecule has 1 aromatic carbocycles. The van der Waals surface area contributed by atoms with Crippen molar-refractivity contribution in [1.82, 2.24) is 10.2 Å². The number of hydrogen-bond donors (Lipinski definition) is 2. The van der Waals surface area contributed by atoms with Crippen LogP contribution >= 0.6 is 0 Å². The third-order valence-electron chi connectivity index (χ3n) is 4.20. The molecule has 128 valence electrons. The Labute approximate surface area is 142 Å². The second kappa shape index (κ2) is 8.92. The summed E-state index contributed by atoms with van der Waals surface area (Å²) in [6.07, 6.45) is 4.13. The smallest absolute Gasteiger partial charge is 0.319 e. The topological polar surface area (TPSA) is 85.2 Å². The largest absolute Gasteiger partial charge is 0.343 e. The van der Waals surface area contributed by atoms with E-state index in [2.05, 4.69) is 17.6 Å². The Balaban J connectivity index is 1.73. The molecular weight excluding hydrogens is 304 g/mol. The SMILES string of the molecule is CCCCC(=O)N1CCC(NC(=O)Nc2ccc(C#N)cc2)CC1. The summed E-state index contributed by atoms with van der Waals surface area (Å²) in [7, 11) is 0. The summed E-state index contributed by atoms with van der Waals surface area (Å²) < 4.78 is 0. The molecule has 0 radical (unpaired) electrons. The van der Waals surface area contributed by atoms with E-state index in [0.717, 1.165) is 25.7 Å². The minimum absolute atomic E-state index is 0.0820. The summed E-state index contributed by atoms with van der Waals surface area (Å²) in [4.78, 5) is 25.9. The molecule has 24 heavy (non-hydrogen) atoms. The van der Waals surface area contributed by atoms with Crippen molar-refractivity contribution in [3.05, 3.63) is 29.8 Å².